The summed E-state index contributed by atoms with van der Waals surface area (Å²) >= 11 is 5.97. The lowest BCUT2D eigenvalue weighted by atomic mass is 10.1. The highest BCUT2D eigenvalue weighted by molar-refractivity contribution is 6.30. The number of halogens is 1. The van der Waals surface area contributed by atoms with Gasteiger partial charge in [-0.2, -0.15) is 0 Å². The maximum absolute atomic E-state index is 5.97. The minimum atomic E-state index is 0.366. The van der Waals surface area contributed by atoms with Crippen LogP contribution < -0.4 is 10.5 Å². The van der Waals surface area contributed by atoms with Crippen molar-refractivity contribution in [2.24, 2.45) is 0 Å². The average molecular weight is 250 g/mol. The van der Waals surface area contributed by atoms with Crippen molar-refractivity contribution >= 4 is 17.4 Å². The quantitative estimate of drug-likeness (QED) is 0.909. The van der Waals surface area contributed by atoms with Gasteiger partial charge < -0.3 is 10.5 Å². The van der Waals surface area contributed by atoms with E-state index in [1.807, 2.05) is 13.0 Å². The number of nitrogens with two attached hydrogens (primary N) is 1. The van der Waals surface area contributed by atoms with E-state index in [4.69, 9.17) is 22.1 Å². The van der Waals surface area contributed by atoms with Gasteiger partial charge in [0.1, 0.15) is 11.6 Å². The minimum absolute atomic E-state index is 0.366. The zero-order chi connectivity index (χ0) is 12.3. The summed E-state index contributed by atoms with van der Waals surface area (Å²) in [5, 5.41) is 0.618. The van der Waals surface area contributed by atoms with Crippen molar-refractivity contribution in [3.05, 3.63) is 35.6 Å². The van der Waals surface area contributed by atoms with Crippen molar-refractivity contribution in [1.29, 1.82) is 0 Å². The summed E-state index contributed by atoms with van der Waals surface area (Å²) in [6, 6.07) is 5.37. The molecule has 0 fully saturated rings. The minimum Gasteiger partial charge on any atom is -0.493 e. The molecule has 1 heterocycles. The molecule has 17 heavy (non-hydrogen) atoms. The summed E-state index contributed by atoms with van der Waals surface area (Å²) in [4.78, 5) is 8.21. The van der Waals surface area contributed by atoms with E-state index in [-0.39, 0.29) is 0 Å². The molecular weight excluding hydrogens is 238 g/mol. The highest BCUT2D eigenvalue weighted by Gasteiger charge is 2.09. The lowest BCUT2D eigenvalue weighted by Crippen LogP contribution is -1.97. The second kappa shape index (κ2) is 5.01. The first-order valence-electron chi connectivity index (χ1n) is 5.21. The van der Waals surface area contributed by atoms with E-state index < -0.39 is 0 Å². The summed E-state index contributed by atoms with van der Waals surface area (Å²) in [5.74, 6) is 1.08. The lowest BCUT2D eigenvalue weighted by molar-refractivity contribution is 0.341. The van der Waals surface area contributed by atoms with E-state index in [1.165, 1.54) is 6.20 Å². The third-order valence-electron chi connectivity index (χ3n) is 2.17. The van der Waals surface area contributed by atoms with E-state index in [0.29, 0.717) is 23.1 Å². The van der Waals surface area contributed by atoms with Crippen LogP contribution in [-0.2, 0) is 0 Å². The Morgan fingerprint density at radius 3 is 2.88 bits per heavy atom. The molecule has 0 spiro atoms. The second-order valence-electron chi connectivity index (χ2n) is 3.40. The van der Waals surface area contributed by atoms with Gasteiger partial charge in [0.2, 0.25) is 0 Å². The molecule has 4 nitrogen and oxygen atoms in total. The Morgan fingerprint density at radius 2 is 2.18 bits per heavy atom. The van der Waals surface area contributed by atoms with E-state index in [0.717, 1.165) is 11.3 Å². The fourth-order valence-corrected chi connectivity index (χ4v) is 1.67. The standard InChI is InChI=1S/C12H12ClN3O/c1-2-17-11-4-3-8(13)5-9(11)10-6-15-7-12(14)16-10/h3-7H,2H2,1H3,(H2,14,16). The Balaban J connectivity index is 2.52. The Bertz CT molecular complexity index is 531. The molecular formula is C12H12ClN3O. The highest BCUT2D eigenvalue weighted by atomic mass is 35.5. The van der Waals surface area contributed by atoms with Crippen LogP contribution in [-0.4, -0.2) is 16.6 Å². The van der Waals surface area contributed by atoms with Gasteiger partial charge >= 0.3 is 0 Å². The Kier molecular flexibility index (Phi) is 3.44. The molecule has 88 valence electrons. The molecule has 0 bridgehead atoms. The summed E-state index contributed by atoms with van der Waals surface area (Å²) in [7, 11) is 0. The first-order valence-corrected chi connectivity index (χ1v) is 5.58. The third-order valence-corrected chi connectivity index (χ3v) is 2.41. The number of nitrogens with zero attached hydrogens (tertiary/aromatic N) is 2. The van der Waals surface area contributed by atoms with Crippen LogP contribution >= 0.6 is 11.6 Å². The Hall–Kier alpha value is -1.81. The van der Waals surface area contributed by atoms with Gasteiger partial charge in [-0.15, -0.1) is 0 Å². The molecule has 0 amide bonds. The molecule has 2 aromatic rings. The number of anilines is 1. The zero-order valence-electron chi connectivity index (χ0n) is 9.35. The number of hydrogen-bond acceptors (Lipinski definition) is 4. The van der Waals surface area contributed by atoms with E-state index >= 15 is 0 Å². The van der Waals surface area contributed by atoms with Crippen LogP contribution in [0.25, 0.3) is 11.3 Å². The first-order chi connectivity index (χ1) is 8.20. The summed E-state index contributed by atoms with van der Waals surface area (Å²) in [6.07, 6.45) is 3.12. The van der Waals surface area contributed by atoms with E-state index in [9.17, 15) is 0 Å². The number of aromatic nitrogens is 2. The van der Waals surface area contributed by atoms with Crippen LogP contribution in [0.3, 0.4) is 0 Å². The van der Waals surface area contributed by atoms with Crippen LogP contribution in [0.1, 0.15) is 6.92 Å². The predicted molar refractivity (Wildman–Crippen MR) is 68.1 cm³/mol. The van der Waals surface area contributed by atoms with Crippen LogP contribution in [0.15, 0.2) is 30.6 Å². The van der Waals surface area contributed by atoms with E-state index in [1.54, 1.807) is 18.3 Å². The average Bonchev–Trinajstić information content (AvgIpc) is 2.32. The van der Waals surface area contributed by atoms with Gasteiger partial charge in [0.05, 0.1) is 24.7 Å². The Morgan fingerprint density at radius 1 is 1.35 bits per heavy atom. The van der Waals surface area contributed by atoms with Crippen molar-refractivity contribution < 1.29 is 4.74 Å². The van der Waals surface area contributed by atoms with Gasteiger partial charge in [0.15, 0.2) is 0 Å². The van der Waals surface area contributed by atoms with Crippen molar-refractivity contribution in [2.75, 3.05) is 12.3 Å². The van der Waals surface area contributed by atoms with Crippen LogP contribution in [0.2, 0.25) is 5.02 Å². The molecule has 0 saturated carbocycles. The molecule has 1 aromatic heterocycles. The molecule has 0 unspecified atom stereocenters. The van der Waals surface area contributed by atoms with Gasteiger partial charge in [-0.3, -0.25) is 4.98 Å². The molecule has 0 aliphatic heterocycles. The van der Waals surface area contributed by atoms with Crippen LogP contribution in [0, 0.1) is 0 Å². The van der Waals surface area contributed by atoms with Crippen molar-refractivity contribution in [2.45, 2.75) is 6.92 Å². The number of benzene rings is 1. The summed E-state index contributed by atoms with van der Waals surface area (Å²) < 4.78 is 5.52. The largest absolute Gasteiger partial charge is 0.493 e. The van der Waals surface area contributed by atoms with Gasteiger partial charge in [-0.1, -0.05) is 11.6 Å². The molecule has 5 heteroatoms. The lowest BCUT2D eigenvalue weighted by Gasteiger charge is -2.10. The van der Waals surface area contributed by atoms with E-state index in [2.05, 4.69) is 9.97 Å². The van der Waals surface area contributed by atoms with Gasteiger partial charge in [0.25, 0.3) is 0 Å². The molecule has 0 radical (unpaired) electrons. The fourth-order valence-electron chi connectivity index (χ4n) is 1.49. The third kappa shape index (κ3) is 2.65. The number of rotatable bonds is 3. The second-order valence-corrected chi connectivity index (χ2v) is 3.84. The highest BCUT2D eigenvalue weighted by Crippen LogP contribution is 2.31. The normalized spacial score (nSPS) is 10.2. The SMILES string of the molecule is CCOc1ccc(Cl)cc1-c1cncc(N)n1. The predicted octanol–water partition coefficient (Wildman–Crippen LogP) is 2.78. The molecule has 0 aliphatic carbocycles. The van der Waals surface area contributed by atoms with Crippen molar-refractivity contribution in [3.8, 4) is 17.0 Å². The number of ether oxygens (including phenoxy) is 1. The fraction of sp³-hybridized carbons (Fsp3) is 0.167. The van der Waals surface area contributed by atoms with Crippen LogP contribution in [0.5, 0.6) is 5.75 Å². The smallest absolute Gasteiger partial charge is 0.142 e. The van der Waals surface area contributed by atoms with Crippen LogP contribution in [0.4, 0.5) is 5.82 Å². The van der Waals surface area contributed by atoms with Gasteiger partial charge in [-0.05, 0) is 25.1 Å². The maximum atomic E-state index is 5.97. The molecule has 0 aliphatic rings. The zero-order valence-corrected chi connectivity index (χ0v) is 10.1. The first kappa shape index (κ1) is 11.7. The molecule has 1 aromatic carbocycles. The summed E-state index contributed by atoms with van der Waals surface area (Å²) in [5.41, 5.74) is 7.05. The number of nitrogen functional groups attached to an aromatic ring is 1. The van der Waals surface area contributed by atoms with Gasteiger partial charge in [-0.25, -0.2) is 4.98 Å². The molecule has 2 rings (SSSR count). The molecule has 2 N–H and O–H groups in total. The van der Waals surface area contributed by atoms with Crippen molar-refractivity contribution in [3.63, 3.8) is 0 Å². The molecule has 0 atom stereocenters. The molecule has 0 saturated heterocycles. The Labute approximate surface area is 104 Å². The number of hydrogen-bond donors (Lipinski definition) is 1. The topological polar surface area (TPSA) is 61.0 Å². The monoisotopic (exact) mass is 249 g/mol. The summed E-state index contributed by atoms with van der Waals surface area (Å²) in [6.45, 7) is 2.49. The maximum Gasteiger partial charge on any atom is 0.142 e. The van der Waals surface area contributed by atoms with Crippen molar-refractivity contribution in [1.82, 2.24) is 9.97 Å². The van der Waals surface area contributed by atoms with Gasteiger partial charge in [0, 0.05) is 10.6 Å².